The van der Waals surface area contributed by atoms with Crippen LogP contribution in [0.5, 0.6) is 28.7 Å². The predicted octanol–water partition coefficient (Wildman–Crippen LogP) is 7.39. The molecule has 18 heteroatoms. The number of rotatable bonds is 14. The van der Waals surface area contributed by atoms with Crippen molar-refractivity contribution in [3.05, 3.63) is 134 Å². The minimum atomic E-state index is -1.92. The number of nitrogens with one attached hydrogen (secondary N) is 1. The number of esters is 2. The predicted molar refractivity (Wildman–Crippen MR) is 260 cm³/mol. The van der Waals surface area contributed by atoms with Crippen molar-refractivity contribution in [3.63, 3.8) is 0 Å². The average Bonchev–Trinajstić information content (AvgIpc) is 3.96. The Morgan fingerprint density at radius 2 is 1.61 bits per heavy atom. The Morgan fingerprint density at radius 3 is 2.28 bits per heavy atom. The largest absolute Gasteiger partial charge is 0.508 e. The van der Waals surface area contributed by atoms with E-state index in [0.29, 0.717) is 58.2 Å². The fourth-order valence-electron chi connectivity index (χ4n) is 9.33. The second-order valence-corrected chi connectivity index (χ2v) is 17.7. The standard InChI is InChI=1S/C53H51N7O11/c1-7-34-36-22-31(61)14-19-41(36)55-46-38(34)26-59-42(46)24-40-39(51(59)67)27-69-52(68)53(40,8-2)71-45(64)20-21-58(6)50(66)29-10-15-32(16-11-29)70-33-17-12-30(13-18-33)60-47(56-57-48(60)49(65)54-9-3)37-23-35(28(4)5)43(62)25-44(37)63/h10-19,22-25,28,61-63H,7-9,20-21,26-27H2,1-6H3,(H,54,65). The number of hydrogen-bond acceptors (Lipinski definition) is 14. The minimum Gasteiger partial charge on any atom is -0.508 e. The Bertz CT molecular complexity index is 3360. The molecule has 18 nitrogen and oxygen atoms in total. The van der Waals surface area contributed by atoms with Crippen LogP contribution in [0.1, 0.15) is 102 Å². The fourth-order valence-corrected chi connectivity index (χ4v) is 9.33. The maximum Gasteiger partial charge on any atom is 0.355 e. The van der Waals surface area contributed by atoms with E-state index in [1.165, 1.54) is 22.6 Å². The maximum absolute atomic E-state index is 14.1. The van der Waals surface area contributed by atoms with Gasteiger partial charge in [0, 0.05) is 54.0 Å². The Balaban J connectivity index is 0.878. The molecule has 364 valence electrons. The van der Waals surface area contributed by atoms with Crippen molar-refractivity contribution in [2.24, 2.45) is 0 Å². The van der Waals surface area contributed by atoms with Crippen LogP contribution in [-0.2, 0) is 44.2 Å². The molecule has 0 spiro atoms. The number of amides is 2. The number of benzene rings is 4. The summed E-state index contributed by atoms with van der Waals surface area (Å²) in [5.74, 6) is -1.72. The van der Waals surface area contributed by atoms with E-state index in [1.54, 1.807) is 97.3 Å². The molecule has 3 aromatic heterocycles. The first-order chi connectivity index (χ1) is 34.1. The van der Waals surface area contributed by atoms with Gasteiger partial charge < -0.3 is 44.3 Å². The number of pyridine rings is 2. The van der Waals surface area contributed by atoms with E-state index in [2.05, 4.69) is 15.5 Å². The molecule has 2 aliphatic rings. The van der Waals surface area contributed by atoms with E-state index in [1.807, 2.05) is 20.8 Å². The van der Waals surface area contributed by atoms with Gasteiger partial charge in [0.2, 0.25) is 11.4 Å². The molecule has 9 rings (SSSR count). The quantitative estimate of drug-likeness (QED) is 0.0778. The SMILES string of the molecule is CCNC(=O)c1nnc(-c2cc(C(C)C)c(O)cc2O)n1-c1ccc(Oc2ccc(C(=O)N(C)CCC(=O)OC3(CC)C(=O)OCc4c3cc3n(c4=O)Cc4c-3nc3ccc(O)cc3c4CC)cc2)cc1. The van der Waals surface area contributed by atoms with Gasteiger partial charge in [-0.3, -0.25) is 23.7 Å². The van der Waals surface area contributed by atoms with Crippen molar-refractivity contribution in [2.75, 3.05) is 20.1 Å². The van der Waals surface area contributed by atoms with Crippen molar-refractivity contribution in [1.82, 2.24) is 34.5 Å². The zero-order valence-electron chi connectivity index (χ0n) is 39.9. The first-order valence-corrected chi connectivity index (χ1v) is 23.3. The van der Waals surface area contributed by atoms with E-state index in [-0.39, 0.29) is 89.6 Å². The van der Waals surface area contributed by atoms with Crippen molar-refractivity contribution >= 4 is 34.7 Å². The highest BCUT2D eigenvalue weighted by Gasteiger charge is 2.50. The number of phenolic OH excluding ortho intramolecular Hbond substituents is 3. The number of aryl methyl sites for hydroxylation is 1. The second-order valence-electron chi connectivity index (χ2n) is 17.7. The normalized spacial score (nSPS) is 14.7. The Hall–Kier alpha value is -8.54. The highest BCUT2D eigenvalue weighted by atomic mass is 16.6. The van der Waals surface area contributed by atoms with Crippen molar-refractivity contribution in [1.29, 1.82) is 0 Å². The van der Waals surface area contributed by atoms with Crippen molar-refractivity contribution < 1.29 is 48.7 Å². The minimum absolute atomic E-state index is 0.0183. The Kier molecular flexibility index (Phi) is 12.6. The lowest BCUT2D eigenvalue weighted by Crippen LogP contribution is -2.47. The number of fused-ring (bicyclic) bond motifs is 5. The molecule has 0 saturated heterocycles. The summed E-state index contributed by atoms with van der Waals surface area (Å²) in [7, 11) is 1.54. The van der Waals surface area contributed by atoms with E-state index in [9.17, 15) is 39.3 Å². The third kappa shape index (κ3) is 8.44. The molecule has 2 amide bonds. The lowest BCUT2D eigenvalue weighted by Gasteiger charge is -2.35. The second kappa shape index (κ2) is 18.8. The summed E-state index contributed by atoms with van der Waals surface area (Å²) in [6.07, 6.45) is 0.328. The lowest BCUT2D eigenvalue weighted by atomic mass is 9.85. The number of aromatic nitrogens is 5. The highest BCUT2D eigenvalue weighted by molar-refractivity contribution is 5.95. The topological polar surface area (TPSA) is 238 Å². The zero-order chi connectivity index (χ0) is 50.5. The summed E-state index contributed by atoms with van der Waals surface area (Å²) >= 11 is 0. The molecule has 7 aromatic rings. The number of ether oxygens (including phenoxy) is 3. The number of hydrogen-bond donors (Lipinski definition) is 4. The van der Waals surface area contributed by atoms with Gasteiger partial charge in [-0.1, -0.05) is 27.7 Å². The van der Waals surface area contributed by atoms with Crippen LogP contribution in [-0.4, -0.2) is 88.4 Å². The summed E-state index contributed by atoms with van der Waals surface area (Å²) in [5, 5.41) is 43.5. The first-order valence-electron chi connectivity index (χ1n) is 23.3. The lowest BCUT2D eigenvalue weighted by molar-refractivity contribution is -0.189. The number of aromatic hydroxyl groups is 3. The monoisotopic (exact) mass is 961 g/mol. The van der Waals surface area contributed by atoms with E-state index in [0.717, 1.165) is 16.5 Å². The zero-order valence-corrected chi connectivity index (χ0v) is 39.9. The first kappa shape index (κ1) is 47.5. The Labute approximate surface area is 407 Å². The molecule has 4 N–H and O–H groups in total. The summed E-state index contributed by atoms with van der Waals surface area (Å²) in [6.45, 7) is 9.47. The van der Waals surface area contributed by atoms with E-state index < -0.39 is 29.4 Å². The third-order valence-corrected chi connectivity index (χ3v) is 13.0. The van der Waals surface area contributed by atoms with Gasteiger partial charge in [0.05, 0.1) is 41.0 Å². The molecule has 2 aliphatic heterocycles. The summed E-state index contributed by atoms with van der Waals surface area (Å²) in [6, 6.07) is 22.6. The molecule has 0 radical (unpaired) electrons. The number of nitrogens with zero attached hydrogens (tertiary/aromatic N) is 6. The van der Waals surface area contributed by atoms with Gasteiger partial charge in [0.1, 0.15) is 35.4 Å². The van der Waals surface area contributed by atoms with Crippen LogP contribution in [0.3, 0.4) is 0 Å². The molecule has 71 heavy (non-hydrogen) atoms. The van der Waals surface area contributed by atoms with Gasteiger partial charge in [0.25, 0.3) is 17.4 Å². The smallest absolute Gasteiger partial charge is 0.355 e. The van der Waals surface area contributed by atoms with Crippen LogP contribution in [0.2, 0.25) is 0 Å². The molecule has 1 atom stereocenters. The van der Waals surface area contributed by atoms with Gasteiger partial charge in [-0.15, -0.1) is 10.2 Å². The molecule has 1 unspecified atom stereocenters. The molecule has 4 aromatic carbocycles. The Morgan fingerprint density at radius 1 is 0.887 bits per heavy atom. The van der Waals surface area contributed by atoms with Gasteiger partial charge in [-0.2, -0.15) is 0 Å². The van der Waals surface area contributed by atoms with Crippen LogP contribution < -0.4 is 15.6 Å². The number of carbonyl (C=O) groups is 4. The number of carbonyl (C=O) groups excluding carboxylic acids is 4. The third-order valence-electron chi connectivity index (χ3n) is 13.0. The maximum atomic E-state index is 14.1. The molecular formula is C53H51N7O11. The van der Waals surface area contributed by atoms with Crippen LogP contribution in [0.4, 0.5) is 0 Å². The van der Waals surface area contributed by atoms with Gasteiger partial charge in [-0.05, 0) is 116 Å². The summed E-state index contributed by atoms with van der Waals surface area (Å²) in [5.41, 5.74) is 3.28. The average molecular weight is 962 g/mol. The number of cyclic esters (lactones) is 1. The van der Waals surface area contributed by atoms with E-state index in [4.69, 9.17) is 19.2 Å². The highest BCUT2D eigenvalue weighted by Crippen LogP contribution is 2.43. The molecule has 5 heterocycles. The van der Waals surface area contributed by atoms with E-state index >= 15 is 0 Å². The van der Waals surface area contributed by atoms with Gasteiger partial charge in [0.15, 0.2) is 5.82 Å². The van der Waals surface area contributed by atoms with Crippen molar-refractivity contribution in [3.8, 4) is 57.2 Å². The summed E-state index contributed by atoms with van der Waals surface area (Å²) in [4.78, 5) is 74.3. The molecular weight excluding hydrogens is 911 g/mol. The molecule has 0 fully saturated rings. The van der Waals surface area contributed by atoms with Crippen LogP contribution >= 0.6 is 0 Å². The fraction of sp³-hybridized carbons (Fsp3) is 0.283. The summed E-state index contributed by atoms with van der Waals surface area (Å²) < 4.78 is 20.7. The van der Waals surface area contributed by atoms with Gasteiger partial charge >= 0.3 is 11.9 Å². The van der Waals surface area contributed by atoms with Gasteiger partial charge in [-0.25, -0.2) is 9.78 Å². The molecule has 0 saturated carbocycles. The number of phenols is 3. The van der Waals surface area contributed by atoms with Crippen molar-refractivity contribution in [2.45, 2.75) is 78.6 Å². The molecule has 0 bridgehead atoms. The molecule has 0 aliphatic carbocycles. The van der Waals surface area contributed by atoms with Crippen LogP contribution in [0.15, 0.2) is 89.7 Å². The van der Waals surface area contributed by atoms with Crippen LogP contribution in [0, 0.1) is 0 Å². The van der Waals surface area contributed by atoms with Crippen LogP contribution in [0.25, 0.3) is 39.4 Å².